The molecule has 3 fully saturated rings. The largest absolute Gasteiger partial charge is 0.496 e. The van der Waals surface area contributed by atoms with Crippen LogP contribution in [-0.2, 0) is 45.7 Å². The number of carbonyl (C=O) groups is 5. The zero-order chi connectivity index (χ0) is 40.4. The molecule has 3 aliphatic carbocycles. The summed E-state index contributed by atoms with van der Waals surface area (Å²) in [5.74, 6) is -0.713. The molecule has 3 heterocycles. The van der Waals surface area contributed by atoms with Gasteiger partial charge in [0.1, 0.15) is 34.2 Å². The fourth-order valence-electron chi connectivity index (χ4n) is 7.83. The first-order valence-corrected chi connectivity index (χ1v) is 18.8. The number of nitrogens with one attached hydrogen (secondary N) is 2. The number of carbonyl (C=O) groups excluding carboxylic acids is 5. The highest BCUT2D eigenvalue weighted by Gasteiger charge is 2.64. The standard InChI is InChI=1S/C40H44N8O9/c1-23-37(52)46(2)22-30(43-23)24-15-32(55-3)27(33(16-24)56-4)7-6-10-35(51)41-11-13-57-14-12-47-21-26(44-45-47)20-42-29-9-5-8-28-36(29)39(54)48(38(28)53)40-18-25(19-40)31(49)17-34(40)50/h5,8-9,15-16,21-22,25,42H,6-7,10-14,17-20H2,1-4H3,(H,41,51). The van der Waals surface area contributed by atoms with Crippen molar-refractivity contribution < 1.29 is 38.2 Å². The van der Waals surface area contributed by atoms with Crippen LogP contribution >= 0.6 is 0 Å². The summed E-state index contributed by atoms with van der Waals surface area (Å²) in [6, 6.07) is 8.65. The monoisotopic (exact) mass is 780 g/mol. The van der Waals surface area contributed by atoms with Gasteiger partial charge in [0.15, 0.2) is 5.78 Å². The summed E-state index contributed by atoms with van der Waals surface area (Å²) in [5, 5.41) is 14.4. The number of amides is 3. The van der Waals surface area contributed by atoms with E-state index in [0.717, 1.165) is 16.0 Å². The Morgan fingerprint density at radius 2 is 1.75 bits per heavy atom. The highest BCUT2D eigenvalue weighted by atomic mass is 16.5. The molecule has 17 nitrogen and oxygen atoms in total. The summed E-state index contributed by atoms with van der Waals surface area (Å²) in [7, 11) is 4.82. The molecule has 2 aromatic heterocycles. The second-order valence-corrected chi connectivity index (χ2v) is 14.5. The zero-order valence-corrected chi connectivity index (χ0v) is 32.3. The Labute approximate surface area is 327 Å². The number of hydrogen-bond donors (Lipinski definition) is 2. The van der Waals surface area contributed by atoms with Crippen molar-refractivity contribution in [3.05, 3.63) is 81.2 Å². The molecule has 0 spiro atoms. The van der Waals surface area contributed by atoms with Crippen LogP contribution in [0, 0.1) is 12.8 Å². The number of benzene rings is 2. The Kier molecular flexibility index (Phi) is 11.0. The smallest absolute Gasteiger partial charge is 0.271 e. The molecule has 2 aromatic carbocycles. The van der Waals surface area contributed by atoms with Crippen molar-refractivity contribution in [3.8, 4) is 22.8 Å². The van der Waals surface area contributed by atoms with E-state index in [-0.39, 0.29) is 65.9 Å². The van der Waals surface area contributed by atoms with Gasteiger partial charge in [0.25, 0.3) is 17.4 Å². The molecule has 0 atom stereocenters. The number of ketones is 2. The molecule has 298 valence electrons. The Balaban J connectivity index is 0.825. The SMILES string of the molecule is COc1cc(-c2cn(C)c(=O)c(C)n2)cc(OC)c1CCCC(=O)NCCOCCn1cc(CNc2cccc3c2C(=O)N(C24CC(C2)C(=O)CC4=O)C3=O)nn1. The number of fused-ring (bicyclic) bond motifs is 3. The van der Waals surface area contributed by atoms with Gasteiger partial charge in [-0.05, 0) is 56.9 Å². The van der Waals surface area contributed by atoms with E-state index in [1.54, 1.807) is 63.5 Å². The molecule has 0 saturated heterocycles. The summed E-state index contributed by atoms with van der Waals surface area (Å²) >= 11 is 0. The molecule has 17 heteroatoms. The first-order valence-electron chi connectivity index (χ1n) is 18.8. The van der Waals surface area contributed by atoms with E-state index in [2.05, 4.69) is 25.9 Å². The van der Waals surface area contributed by atoms with Crippen molar-refractivity contribution in [1.82, 2.24) is 34.8 Å². The number of hydrogen-bond acceptors (Lipinski definition) is 13. The summed E-state index contributed by atoms with van der Waals surface area (Å²) < 4.78 is 20.1. The number of ether oxygens (including phenoxy) is 3. The summed E-state index contributed by atoms with van der Waals surface area (Å²) in [4.78, 5) is 82.0. The van der Waals surface area contributed by atoms with E-state index in [4.69, 9.17) is 14.2 Å². The number of rotatable bonds is 17. The fourth-order valence-corrected chi connectivity index (χ4v) is 7.83. The second-order valence-electron chi connectivity index (χ2n) is 14.5. The topological polar surface area (TPSA) is 206 Å². The minimum absolute atomic E-state index is 0.107. The van der Waals surface area contributed by atoms with Crippen molar-refractivity contribution in [2.45, 2.75) is 64.1 Å². The average molecular weight is 781 g/mol. The molecule has 8 rings (SSSR count). The van der Waals surface area contributed by atoms with Gasteiger partial charge in [-0.2, -0.15) is 0 Å². The molecule has 1 aliphatic heterocycles. The van der Waals surface area contributed by atoms with Gasteiger partial charge < -0.3 is 29.4 Å². The lowest BCUT2D eigenvalue weighted by Crippen LogP contribution is -2.68. The Morgan fingerprint density at radius 3 is 2.46 bits per heavy atom. The third-order valence-electron chi connectivity index (χ3n) is 10.9. The van der Waals surface area contributed by atoms with Crippen LogP contribution in [0.25, 0.3) is 11.3 Å². The number of imide groups is 1. The third kappa shape index (κ3) is 7.54. The quantitative estimate of drug-likeness (QED) is 0.0899. The maximum atomic E-state index is 13.6. The molecular weight excluding hydrogens is 736 g/mol. The van der Waals surface area contributed by atoms with Crippen LogP contribution in [-0.4, -0.2) is 98.2 Å². The number of aromatic nitrogens is 5. The molecule has 0 unspecified atom stereocenters. The van der Waals surface area contributed by atoms with E-state index in [1.165, 1.54) is 4.57 Å². The minimum Gasteiger partial charge on any atom is -0.496 e. The fraction of sp³-hybridized carbons (Fsp3) is 0.425. The van der Waals surface area contributed by atoms with E-state index in [1.807, 2.05) is 12.1 Å². The first-order chi connectivity index (χ1) is 27.4. The maximum Gasteiger partial charge on any atom is 0.271 e. The molecular formula is C40H44N8O9. The lowest BCUT2D eigenvalue weighted by Gasteiger charge is -2.53. The van der Waals surface area contributed by atoms with Crippen LogP contribution in [0.15, 0.2) is 47.5 Å². The van der Waals surface area contributed by atoms with Crippen molar-refractivity contribution in [2.75, 3.05) is 39.3 Å². The predicted molar refractivity (Wildman–Crippen MR) is 204 cm³/mol. The lowest BCUT2D eigenvalue weighted by molar-refractivity contribution is -0.153. The number of anilines is 1. The van der Waals surface area contributed by atoms with Crippen LogP contribution in [0.4, 0.5) is 5.69 Å². The van der Waals surface area contributed by atoms with Crippen molar-refractivity contribution in [1.29, 1.82) is 0 Å². The lowest BCUT2D eigenvalue weighted by atomic mass is 9.57. The van der Waals surface area contributed by atoms with Crippen molar-refractivity contribution in [2.24, 2.45) is 13.0 Å². The third-order valence-corrected chi connectivity index (χ3v) is 10.9. The Bertz CT molecular complexity index is 2280. The van der Waals surface area contributed by atoms with Gasteiger partial charge in [-0.25, -0.2) is 9.67 Å². The molecule has 57 heavy (non-hydrogen) atoms. The summed E-state index contributed by atoms with van der Waals surface area (Å²) in [6.45, 7) is 3.30. The molecule has 0 radical (unpaired) electrons. The maximum absolute atomic E-state index is 13.6. The molecule has 3 saturated carbocycles. The van der Waals surface area contributed by atoms with Gasteiger partial charge in [-0.15, -0.1) is 5.10 Å². The van der Waals surface area contributed by atoms with Crippen LogP contribution in [0.1, 0.15) is 69.8 Å². The van der Waals surface area contributed by atoms with Gasteiger partial charge in [-0.3, -0.25) is 33.7 Å². The van der Waals surface area contributed by atoms with E-state index >= 15 is 0 Å². The second kappa shape index (κ2) is 16.1. The molecule has 3 amide bonds. The Morgan fingerprint density at radius 1 is 1.00 bits per heavy atom. The van der Waals surface area contributed by atoms with Gasteiger partial charge >= 0.3 is 0 Å². The van der Waals surface area contributed by atoms with Crippen LogP contribution in [0.5, 0.6) is 11.5 Å². The summed E-state index contributed by atoms with van der Waals surface area (Å²) in [5.41, 5.74) is 2.65. The normalized spacial score (nSPS) is 18.4. The number of aryl methyl sites for hydroxylation is 2. The van der Waals surface area contributed by atoms with Gasteiger partial charge in [0.2, 0.25) is 5.91 Å². The molecule has 2 bridgehead atoms. The van der Waals surface area contributed by atoms with Crippen LogP contribution in [0.2, 0.25) is 0 Å². The highest BCUT2D eigenvalue weighted by Crippen LogP contribution is 2.51. The predicted octanol–water partition coefficient (Wildman–Crippen LogP) is 2.42. The highest BCUT2D eigenvalue weighted by molar-refractivity contribution is 6.27. The molecule has 4 aliphatic rings. The molecule has 4 aromatic rings. The van der Waals surface area contributed by atoms with Crippen molar-refractivity contribution >= 4 is 35.0 Å². The van der Waals surface area contributed by atoms with E-state index < -0.39 is 17.4 Å². The van der Waals surface area contributed by atoms with Gasteiger partial charge in [0.05, 0.1) is 70.0 Å². The molecule has 2 N–H and O–H groups in total. The number of methoxy groups -OCH3 is 2. The van der Waals surface area contributed by atoms with Crippen molar-refractivity contribution in [3.63, 3.8) is 0 Å². The number of nitrogens with zero attached hydrogens (tertiary/aromatic N) is 6. The summed E-state index contributed by atoms with van der Waals surface area (Å²) in [6.07, 6.45) is 4.97. The Hall–Kier alpha value is -6.23. The zero-order valence-electron chi connectivity index (χ0n) is 32.3. The number of Topliss-reactive ketones (excluding diaryl/α,β-unsaturated/α-hetero) is 2. The van der Waals surface area contributed by atoms with E-state index in [0.29, 0.717) is 79.8 Å². The van der Waals surface area contributed by atoms with Gasteiger partial charge in [-0.1, -0.05) is 11.3 Å². The first kappa shape index (κ1) is 39.0. The van der Waals surface area contributed by atoms with Crippen LogP contribution < -0.4 is 25.7 Å². The van der Waals surface area contributed by atoms with Gasteiger partial charge in [0, 0.05) is 48.9 Å². The van der Waals surface area contributed by atoms with E-state index in [9.17, 15) is 28.8 Å². The average Bonchev–Trinajstić information content (AvgIpc) is 3.74. The minimum atomic E-state index is -1.23. The van der Waals surface area contributed by atoms with Crippen LogP contribution in [0.3, 0.4) is 0 Å².